The Morgan fingerprint density at radius 3 is 1.44 bits per heavy atom. The van der Waals surface area contributed by atoms with Gasteiger partial charge in [0.05, 0.1) is 19.8 Å². The third-order valence-electron chi connectivity index (χ3n) is 12.0. The molecule has 1 aliphatic heterocycles. The van der Waals surface area contributed by atoms with Gasteiger partial charge in [-0.1, -0.05) is 214 Å². The summed E-state index contributed by atoms with van der Waals surface area (Å²) < 4.78 is 59.3. The molecule has 0 radical (unpaired) electrons. The number of allylic oxidation sites excluding steroid dienone is 14. The highest BCUT2D eigenvalue weighted by Crippen LogP contribution is 2.26. The van der Waals surface area contributed by atoms with E-state index in [1.165, 1.54) is 83.5 Å². The second-order valence-corrected chi connectivity index (χ2v) is 19.5. The van der Waals surface area contributed by atoms with E-state index < -0.39 is 59.8 Å². The van der Waals surface area contributed by atoms with Crippen molar-refractivity contribution in [2.75, 3.05) is 26.4 Å². The number of hydrogen-bond donors (Lipinski definition) is 4. The van der Waals surface area contributed by atoms with E-state index >= 15 is 0 Å². The molecule has 1 saturated heterocycles. The summed E-state index contributed by atoms with van der Waals surface area (Å²) >= 11 is 0. The van der Waals surface area contributed by atoms with Crippen LogP contribution in [0, 0.1) is 0 Å². The number of hydrogen-bond acceptors (Lipinski definition) is 11. The smallest absolute Gasteiger partial charge is 0.397 e. The van der Waals surface area contributed by atoms with E-state index in [-0.39, 0.29) is 19.6 Å². The first-order valence-electron chi connectivity index (χ1n) is 27.3. The van der Waals surface area contributed by atoms with Gasteiger partial charge in [0.1, 0.15) is 30.5 Å². The average Bonchev–Trinajstić information content (AvgIpc) is 3.34. The van der Waals surface area contributed by atoms with Crippen LogP contribution < -0.4 is 0 Å². The standard InChI is InChI=1S/C57H98O12S/c1-3-5-7-9-11-13-15-17-19-21-22-23-24-25-26-27-28-29-31-33-35-37-39-41-43-45-47-65-49-51(50-66-57-55(61)56(69-70(62,63)64)54(60)52(48-58)68-57)67-53(59)46-44-42-40-38-36-34-32-30-20-18-16-14-12-10-8-6-4-2/h5,7,11,13,17,19,22-23,25-26,28-29,33,35,51-52,54-58,60-61H,3-4,6,8-10,12,14-16,18,20-21,24,27,30-32,34,36-50H2,1-2H3,(H,62,63,64)/b7-5-,13-11-,19-17-,23-22-,26-25-,29-28-,35-33-. The molecule has 12 nitrogen and oxygen atoms in total. The maximum Gasteiger partial charge on any atom is 0.397 e. The Morgan fingerprint density at radius 2 is 0.986 bits per heavy atom. The molecular formula is C57H98O12S. The van der Waals surface area contributed by atoms with Crippen LogP contribution in [0.1, 0.15) is 206 Å². The zero-order valence-corrected chi connectivity index (χ0v) is 44.4. The number of carbonyl (C=O) groups excluding carboxylic acids is 1. The first kappa shape index (κ1) is 65.3. The van der Waals surface area contributed by atoms with Crippen molar-refractivity contribution in [3.63, 3.8) is 0 Å². The van der Waals surface area contributed by atoms with E-state index in [2.05, 4.69) is 103 Å². The molecule has 1 fully saturated rings. The molecule has 0 amide bonds. The van der Waals surface area contributed by atoms with Gasteiger partial charge in [-0.25, -0.2) is 4.18 Å². The van der Waals surface area contributed by atoms with Gasteiger partial charge >= 0.3 is 16.4 Å². The highest BCUT2D eigenvalue weighted by Gasteiger charge is 2.48. The van der Waals surface area contributed by atoms with E-state index in [1.54, 1.807) is 0 Å². The molecule has 0 aromatic rings. The Labute approximate surface area is 425 Å². The molecule has 0 aliphatic carbocycles. The molecule has 4 N–H and O–H groups in total. The van der Waals surface area contributed by atoms with E-state index in [0.29, 0.717) is 13.0 Å². The van der Waals surface area contributed by atoms with E-state index in [1.807, 2.05) is 0 Å². The maximum atomic E-state index is 12.9. The van der Waals surface area contributed by atoms with Crippen molar-refractivity contribution in [2.24, 2.45) is 0 Å². The molecule has 0 bridgehead atoms. The Balaban J connectivity index is 2.36. The summed E-state index contributed by atoms with van der Waals surface area (Å²) in [6.07, 6.45) is 54.7. The lowest BCUT2D eigenvalue weighted by Crippen LogP contribution is -2.60. The van der Waals surface area contributed by atoms with Crippen LogP contribution in [-0.2, 0) is 38.3 Å². The first-order chi connectivity index (χ1) is 34.1. The zero-order valence-electron chi connectivity index (χ0n) is 43.6. The Morgan fingerprint density at radius 1 is 0.557 bits per heavy atom. The Hall–Kier alpha value is -2.72. The lowest BCUT2D eigenvalue weighted by molar-refractivity contribution is -0.301. The first-order valence-corrected chi connectivity index (χ1v) is 28.7. The van der Waals surface area contributed by atoms with Crippen LogP contribution in [0.4, 0.5) is 0 Å². The molecule has 6 atom stereocenters. The molecule has 13 heteroatoms. The quantitative estimate of drug-likeness (QED) is 0.0197. The fraction of sp³-hybridized carbons (Fsp3) is 0.737. The lowest BCUT2D eigenvalue weighted by Gasteiger charge is -2.41. The van der Waals surface area contributed by atoms with Crippen molar-refractivity contribution in [3.05, 3.63) is 85.1 Å². The summed E-state index contributed by atoms with van der Waals surface area (Å²) in [6.45, 7) is 3.83. The molecule has 1 rings (SSSR count). The molecule has 70 heavy (non-hydrogen) atoms. The minimum Gasteiger partial charge on any atom is -0.457 e. The fourth-order valence-electron chi connectivity index (χ4n) is 7.95. The van der Waals surface area contributed by atoms with Crippen LogP contribution in [0.2, 0.25) is 0 Å². The maximum absolute atomic E-state index is 12.9. The topological polar surface area (TPSA) is 178 Å². The average molecular weight is 1010 g/mol. The largest absolute Gasteiger partial charge is 0.457 e. The lowest BCUT2D eigenvalue weighted by atomic mass is 9.99. The van der Waals surface area contributed by atoms with Gasteiger partial charge in [-0.2, -0.15) is 8.42 Å². The van der Waals surface area contributed by atoms with Gasteiger partial charge in [0.25, 0.3) is 0 Å². The van der Waals surface area contributed by atoms with Crippen molar-refractivity contribution >= 4 is 16.4 Å². The van der Waals surface area contributed by atoms with E-state index in [4.69, 9.17) is 18.9 Å². The minimum absolute atomic E-state index is 0.0158. The zero-order chi connectivity index (χ0) is 51.0. The highest BCUT2D eigenvalue weighted by atomic mass is 32.3. The van der Waals surface area contributed by atoms with Crippen molar-refractivity contribution in [2.45, 2.75) is 243 Å². The molecular weight excluding hydrogens is 909 g/mol. The summed E-state index contributed by atoms with van der Waals surface area (Å²) in [5, 5.41) is 30.8. The predicted molar refractivity (Wildman–Crippen MR) is 285 cm³/mol. The van der Waals surface area contributed by atoms with E-state index in [9.17, 15) is 33.1 Å². The number of esters is 1. The van der Waals surface area contributed by atoms with Crippen molar-refractivity contribution in [1.29, 1.82) is 0 Å². The van der Waals surface area contributed by atoms with Gasteiger partial charge < -0.3 is 34.3 Å². The summed E-state index contributed by atoms with van der Waals surface area (Å²) in [5.41, 5.74) is 0. The normalized spacial score (nSPS) is 19.8. The molecule has 0 aromatic heterocycles. The molecule has 0 aromatic carbocycles. The second kappa shape index (κ2) is 47.3. The van der Waals surface area contributed by atoms with Crippen LogP contribution in [0.15, 0.2) is 85.1 Å². The number of carbonyl (C=O) groups is 1. The van der Waals surface area contributed by atoms with Crippen LogP contribution >= 0.6 is 0 Å². The minimum atomic E-state index is -5.07. The predicted octanol–water partition coefficient (Wildman–Crippen LogP) is 13.2. The molecule has 404 valence electrons. The Bertz CT molecular complexity index is 1540. The van der Waals surface area contributed by atoms with Crippen molar-refractivity contribution < 1.29 is 56.2 Å². The monoisotopic (exact) mass is 1010 g/mol. The van der Waals surface area contributed by atoms with Crippen LogP contribution in [0.5, 0.6) is 0 Å². The molecule has 1 heterocycles. The van der Waals surface area contributed by atoms with Crippen LogP contribution in [0.25, 0.3) is 0 Å². The summed E-state index contributed by atoms with van der Waals surface area (Å²) in [6, 6.07) is 0. The van der Waals surface area contributed by atoms with Crippen molar-refractivity contribution in [3.8, 4) is 0 Å². The number of aliphatic hydroxyl groups is 3. The van der Waals surface area contributed by atoms with Gasteiger partial charge in [-0.15, -0.1) is 0 Å². The number of unbranched alkanes of at least 4 members (excludes halogenated alkanes) is 20. The summed E-state index contributed by atoms with van der Waals surface area (Å²) in [5.74, 6) is -0.409. The van der Waals surface area contributed by atoms with Crippen molar-refractivity contribution in [1.82, 2.24) is 0 Å². The fourth-order valence-corrected chi connectivity index (χ4v) is 8.46. The number of rotatable bonds is 47. The SMILES string of the molecule is CC/C=C\C/C=C\C/C=C\C/C=C\C/C=C\C/C=C\C/C=C\CCCCCCOCC(COC1OC(CO)C(O)C(OS(=O)(=O)O)C1O)OC(=O)CCCCCCCCCCCCCCCCCCC. The third-order valence-corrected chi connectivity index (χ3v) is 12.5. The van der Waals surface area contributed by atoms with Gasteiger partial charge in [0.15, 0.2) is 6.29 Å². The highest BCUT2D eigenvalue weighted by molar-refractivity contribution is 7.80. The molecule has 0 saturated carbocycles. The Kier molecular flexibility index (Phi) is 44.1. The molecule has 6 unspecified atom stereocenters. The second-order valence-electron chi connectivity index (χ2n) is 18.4. The van der Waals surface area contributed by atoms with Crippen LogP contribution in [-0.4, -0.2) is 97.5 Å². The van der Waals surface area contributed by atoms with Gasteiger partial charge in [-0.3, -0.25) is 9.35 Å². The molecule has 1 aliphatic rings. The molecule has 0 spiro atoms. The van der Waals surface area contributed by atoms with Gasteiger partial charge in [0, 0.05) is 13.0 Å². The third kappa shape index (κ3) is 39.8. The number of ether oxygens (including phenoxy) is 4. The van der Waals surface area contributed by atoms with E-state index in [0.717, 1.165) is 96.3 Å². The number of aliphatic hydroxyl groups excluding tert-OH is 3. The van der Waals surface area contributed by atoms with Gasteiger partial charge in [0.2, 0.25) is 0 Å². The van der Waals surface area contributed by atoms with Gasteiger partial charge in [-0.05, 0) is 70.6 Å². The van der Waals surface area contributed by atoms with Crippen LogP contribution in [0.3, 0.4) is 0 Å². The summed E-state index contributed by atoms with van der Waals surface area (Å²) in [7, 11) is -5.07. The summed E-state index contributed by atoms with van der Waals surface area (Å²) in [4.78, 5) is 12.9.